The second-order valence-corrected chi connectivity index (χ2v) is 6.58. The highest BCUT2D eigenvalue weighted by molar-refractivity contribution is 7.80. The van der Waals surface area contributed by atoms with Gasteiger partial charge in [0, 0.05) is 24.3 Å². The van der Waals surface area contributed by atoms with Crippen molar-refractivity contribution in [2.45, 2.75) is 32.2 Å². The molecule has 2 aromatic carbocycles. The maximum Gasteiger partial charge on any atom is 0.227 e. The molecule has 0 bridgehead atoms. The van der Waals surface area contributed by atoms with E-state index in [4.69, 9.17) is 12.2 Å². The lowest BCUT2D eigenvalue weighted by Gasteiger charge is -2.21. The summed E-state index contributed by atoms with van der Waals surface area (Å²) in [6, 6.07) is 18.3. The Bertz CT molecular complexity index is 748. The zero-order chi connectivity index (χ0) is 17.6. The van der Waals surface area contributed by atoms with Crippen molar-refractivity contribution in [2.24, 2.45) is 0 Å². The predicted molar refractivity (Wildman–Crippen MR) is 107 cm³/mol. The van der Waals surface area contributed by atoms with Gasteiger partial charge in [0.25, 0.3) is 0 Å². The molecule has 5 heteroatoms. The number of rotatable bonds is 5. The summed E-state index contributed by atoms with van der Waals surface area (Å²) >= 11 is 5.48. The van der Waals surface area contributed by atoms with Gasteiger partial charge in [-0.15, -0.1) is 0 Å². The van der Waals surface area contributed by atoms with Crippen LogP contribution in [0.5, 0.6) is 0 Å². The van der Waals surface area contributed by atoms with Crippen molar-refractivity contribution >= 4 is 34.6 Å². The molecule has 4 nitrogen and oxygen atoms in total. The van der Waals surface area contributed by atoms with Gasteiger partial charge in [0.15, 0.2) is 5.11 Å². The molecule has 1 heterocycles. The van der Waals surface area contributed by atoms with Gasteiger partial charge in [-0.05, 0) is 48.8 Å². The standard InChI is InChI=1S/C20H23N3OS/c1-2-18(15-8-4-3-5-9-15)22-20(25)21-16-10-6-11-17(14-16)23-13-7-12-19(23)24/h3-6,8-11,14,18H,2,7,12-13H2,1H3,(H2,21,22,25)/t18-/m1/s1. The van der Waals surface area contributed by atoms with E-state index < -0.39 is 0 Å². The number of thiocarbonyl (C=S) groups is 1. The molecule has 1 atom stereocenters. The van der Waals surface area contributed by atoms with E-state index >= 15 is 0 Å². The van der Waals surface area contributed by atoms with Gasteiger partial charge in [-0.2, -0.15) is 0 Å². The van der Waals surface area contributed by atoms with Gasteiger partial charge in [-0.3, -0.25) is 4.79 Å². The Labute approximate surface area is 154 Å². The van der Waals surface area contributed by atoms with Crippen LogP contribution in [0.3, 0.4) is 0 Å². The van der Waals surface area contributed by atoms with Gasteiger partial charge < -0.3 is 15.5 Å². The number of amides is 1. The van der Waals surface area contributed by atoms with Crippen LogP contribution in [-0.2, 0) is 4.79 Å². The van der Waals surface area contributed by atoms with Gasteiger partial charge in [-0.25, -0.2) is 0 Å². The van der Waals surface area contributed by atoms with Crippen LogP contribution in [0.2, 0.25) is 0 Å². The van der Waals surface area contributed by atoms with E-state index in [1.54, 1.807) is 0 Å². The van der Waals surface area contributed by atoms with E-state index in [0.29, 0.717) is 11.5 Å². The molecule has 2 aromatic rings. The van der Waals surface area contributed by atoms with E-state index in [1.165, 1.54) is 5.56 Å². The second-order valence-electron chi connectivity index (χ2n) is 6.17. The summed E-state index contributed by atoms with van der Waals surface area (Å²) in [6.45, 7) is 2.92. The summed E-state index contributed by atoms with van der Waals surface area (Å²) in [5, 5.41) is 7.19. The average Bonchev–Trinajstić information content (AvgIpc) is 3.06. The van der Waals surface area contributed by atoms with Crippen molar-refractivity contribution in [3.63, 3.8) is 0 Å². The van der Waals surface area contributed by atoms with Crippen LogP contribution in [0, 0.1) is 0 Å². The van der Waals surface area contributed by atoms with Crippen LogP contribution in [0.25, 0.3) is 0 Å². The van der Waals surface area contributed by atoms with Crippen molar-refractivity contribution < 1.29 is 4.79 Å². The minimum Gasteiger partial charge on any atom is -0.356 e. The van der Waals surface area contributed by atoms with Crippen molar-refractivity contribution in [1.82, 2.24) is 5.32 Å². The second kappa shape index (κ2) is 8.12. The monoisotopic (exact) mass is 353 g/mol. The molecule has 0 unspecified atom stereocenters. The minimum atomic E-state index is 0.171. The van der Waals surface area contributed by atoms with Crippen molar-refractivity contribution in [2.75, 3.05) is 16.8 Å². The molecule has 0 aliphatic carbocycles. The van der Waals surface area contributed by atoms with Gasteiger partial charge in [0.05, 0.1) is 6.04 Å². The number of anilines is 2. The predicted octanol–water partition coefficient (Wildman–Crippen LogP) is 4.25. The van der Waals surface area contributed by atoms with Crippen LogP contribution in [0.4, 0.5) is 11.4 Å². The SMILES string of the molecule is CC[C@@H](NC(=S)Nc1cccc(N2CCCC2=O)c1)c1ccccc1. The Balaban J connectivity index is 1.65. The summed E-state index contributed by atoms with van der Waals surface area (Å²) < 4.78 is 0. The fraction of sp³-hybridized carbons (Fsp3) is 0.300. The van der Waals surface area contributed by atoms with E-state index in [1.807, 2.05) is 47.4 Å². The summed E-state index contributed by atoms with van der Waals surface area (Å²) in [4.78, 5) is 13.8. The van der Waals surface area contributed by atoms with Crippen LogP contribution in [0.1, 0.15) is 37.8 Å². The first-order valence-corrected chi connectivity index (χ1v) is 9.11. The number of nitrogens with zero attached hydrogens (tertiary/aromatic N) is 1. The fourth-order valence-corrected chi connectivity index (χ4v) is 3.36. The van der Waals surface area contributed by atoms with Crippen LogP contribution in [-0.4, -0.2) is 17.6 Å². The summed E-state index contributed by atoms with van der Waals surface area (Å²) in [5.41, 5.74) is 3.02. The molecule has 1 aliphatic rings. The Morgan fingerprint density at radius 3 is 2.68 bits per heavy atom. The molecule has 1 fully saturated rings. The average molecular weight is 353 g/mol. The van der Waals surface area contributed by atoms with Crippen LogP contribution >= 0.6 is 12.2 Å². The van der Waals surface area contributed by atoms with E-state index in [9.17, 15) is 4.79 Å². The Hall–Kier alpha value is -2.40. The normalized spacial score (nSPS) is 15.1. The largest absolute Gasteiger partial charge is 0.356 e. The number of nitrogens with one attached hydrogen (secondary N) is 2. The summed E-state index contributed by atoms with van der Waals surface area (Å²) in [7, 11) is 0. The van der Waals surface area contributed by atoms with E-state index in [-0.39, 0.29) is 11.9 Å². The third kappa shape index (κ3) is 4.37. The highest BCUT2D eigenvalue weighted by atomic mass is 32.1. The number of carbonyl (C=O) groups is 1. The molecule has 1 aliphatic heterocycles. The molecule has 1 amide bonds. The van der Waals surface area contributed by atoms with Gasteiger partial charge in [-0.1, -0.05) is 43.3 Å². The molecule has 2 N–H and O–H groups in total. The van der Waals surface area contributed by atoms with Crippen LogP contribution < -0.4 is 15.5 Å². The smallest absolute Gasteiger partial charge is 0.227 e. The van der Waals surface area contributed by atoms with Crippen molar-refractivity contribution in [1.29, 1.82) is 0 Å². The number of hydrogen-bond acceptors (Lipinski definition) is 2. The molecule has 25 heavy (non-hydrogen) atoms. The number of hydrogen-bond donors (Lipinski definition) is 2. The highest BCUT2D eigenvalue weighted by Gasteiger charge is 2.21. The molecule has 1 saturated heterocycles. The fourth-order valence-electron chi connectivity index (χ4n) is 3.10. The molecule has 130 valence electrons. The third-order valence-electron chi connectivity index (χ3n) is 4.40. The highest BCUT2D eigenvalue weighted by Crippen LogP contribution is 2.24. The Morgan fingerprint density at radius 1 is 1.20 bits per heavy atom. The summed E-state index contributed by atoms with van der Waals surface area (Å²) in [5.74, 6) is 0.188. The van der Waals surface area contributed by atoms with Gasteiger partial charge in [0.1, 0.15) is 0 Å². The lowest BCUT2D eigenvalue weighted by molar-refractivity contribution is -0.117. The topological polar surface area (TPSA) is 44.4 Å². The van der Waals surface area contributed by atoms with Crippen molar-refractivity contribution in [3.8, 4) is 0 Å². The Kier molecular flexibility index (Phi) is 5.66. The zero-order valence-corrected chi connectivity index (χ0v) is 15.2. The number of carbonyl (C=O) groups excluding carboxylic acids is 1. The van der Waals surface area contributed by atoms with Crippen molar-refractivity contribution in [3.05, 3.63) is 60.2 Å². The molecule has 0 aromatic heterocycles. The lowest BCUT2D eigenvalue weighted by Crippen LogP contribution is -2.32. The zero-order valence-electron chi connectivity index (χ0n) is 14.4. The third-order valence-corrected chi connectivity index (χ3v) is 4.62. The molecular formula is C20H23N3OS. The minimum absolute atomic E-state index is 0.171. The van der Waals surface area contributed by atoms with Gasteiger partial charge >= 0.3 is 0 Å². The summed E-state index contributed by atoms with van der Waals surface area (Å²) in [6.07, 6.45) is 2.49. The molecule has 0 radical (unpaired) electrons. The number of benzene rings is 2. The molecule has 3 rings (SSSR count). The van der Waals surface area contributed by atoms with Crippen LogP contribution in [0.15, 0.2) is 54.6 Å². The Morgan fingerprint density at radius 2 is 2.00 bits per heavy atom. The maximum atomic E-state index is 11.9. The molecular weight excluding hydrogens is 330 g/mol. The van der Waals surface area contributed by atoms with Gasteiger partial charge in [0.2, 0.25) is 5.91 Å². The van der Waals surface area contributed by atoms with E-state index in [2.05, 4.69) is 29.7 Å². The molecule has 0 saturated carbocycles. The first-order chi connectivity index (χ1) is 12.2. The maximum absolute atomic E-state index is 11.9. The quantitative estimate of drug-likeness (QED) is 0.789. The lowest BCUT2D eigenvalue weighted by atomic mass is 10.1. The first-order valence-electron chi connectivity index (χ1n) is 8.70. The first kappa shape index (κ1) is 17.4. The molecule has 0 spiro atoms. The van der Waals surface area contributed by atoms with E-state index in [0.717, 1.165) is 30.8 Å².